The van der Waals surface area contributed by atoms with Crippen LogP contribution in [0.2, 0.25) is 0 Å². The standard InChI is InChI=1S/C9H17F2NO2S/c1-2-6-9(10,11)15(13,14)12-7-4-3-5-8-12/h2-8H2,1H3. The fraction of sp³-hybridized carbons (Fsp3) is 1.00. The molecule has 0 spiro atoms. The fourth-order valence-corrected chi connectivity index (χ4v) is 3.29. The van der Waals surface area contributed by atoms with Crippen molar-refractivity contribution < 1.29 is 17.2 Å². The molecule has 0 aromatic heterocycles. The van der Waals surface area contributed by atoms with E-state index in [1.807, 2.05) is 0 Å². The first-order chi connectivity index (χ1) is 6.92. The molecule has 0 bridgehead atoms. The number of hydrogen-bond acceptors (Lipinski definition) is 2. The van der Waals surface area contributed by atoms with Crippen LogP contribution in [0.1, 0.15) is 39.0 Å². The van der Waals surface area contributed by atoms with Gasteiger partial charge in [0.1, 0.15) is 0 Å². The molecule has 0 radical (unpaired) electrons. The Morgan fingerprint density at radius 1 is 1.20 bits per heavy atom. The molecule has 1 heterocycles. The quantitative estimate of drug-likeness (QED) is 0.756. The van der Waals surface area contributed by atoms with E-state index < -0.39 is 21.7 Å². The van der Waals surface area contributed by atoms with Crippen molar-refractivity contribution in [1.82, 2.24) is 4.31 Å². The van der Waals surface area contributed by atoms with Crippen molar-refractivity contribution in [2.24, 2.45) is 0 Å². The molecular weight excluding hydrogens is 224 g/mol. The van der Waals surface area contributed by atoms with Gasteiger partial charge in [-0.2, -0.15) is 13.1 Å². The first kappa shape index (κ1) is 12.8. The van der Waals surface area contributed by atoms with E-state index in [9.17, 15) is 17.2 Å². The number of sulfonamides is 1. The average Bonchev–Trinajstić information content (AvgIpc) is 2.19. The van der Waals surface area contributed by atoms with E-state index >= 15 is 0 Å². The second-order valence-corrected chi connectivity index (χ2v) is 5.92. The van der Waals surface area contributed by atoms with Gasteiger partial charge in [-0.3, -0.25) is 0 Å². The number of hydrogen-bond donors (Lipinski definition) is 0. The summed E-state index contributed by atoms with van der Waals surface area (Å²) in [5.74, 6) is 0. The van der Waals surface area contributed by atoms with Gasteiger partial charge in [-0.05, 0) is 19.3 Å². The number of halogens is 2. The Bertz CT molecular complexity index is 297. The van der Waals surface area contributed by atoms with Crippen molar-refractivity contribution in [2.75, 3.05) is 13.1 Å². The highest BCUT2D eigenvalue weighted by Crippen LogP contribution is 2.31. The van der Waals surface area contributed by atoms with Crippen molar-refractivity contribution in [2.45, 2.75) is 44.3 Å². The van der Waals surface area contributed by atoms with Gasteiger partial charge in [0, 0.05) is 19.5 Å². The minimum atomic E-state index is -4.42. The molecule has 6 heteroatoms. The summed E-state index contributed by atoms with van der Waals surface area (Å²) >= 11 is 0. The molecule has 0 N–H and O–H groups in total. The zero-order valence-corrected chi connectivity index (χ0v) is 9.69. The molecule has 1 rings (SSSR count). The van der Waals surface area contributed by atoms with E-state index in [0.717, 1.165) is 10.7 Å². The zero-order valence-electron chi connectivity index (χ0n) is 8.88. The lowest BCUT2D eigenvalue weighted by atomic mass is 10.2. The van der Waals surface area contributed by atoms with Crippen molar-refractivity contribution in [3.8, 4) is 0 Å². The monoisotopic (exact) mass is 241 g/mol. The largest absolute Gasteiger partial charge is 0.359 e. The first-order valence-electron chi connectivity index (χ1n) is 5.29. The number of rotatable bonds is 4. The van der Waals surface area contributed by atoms with E-state index in [-0.39, 0.29) is 19.5 Å². The van der Waals surface area contributed by atoms with Gasteiger partial charge in [0.25, 0.3) is 10.0 Å². The third-order valence-corrected chi connectivity index (χ3v) is 4.58. The third kappa shape index (κ3) is 2.66. The maximum Gasteiger partial charge on any atom is 0.359 e. The van der Waals surface area contributed by atoms with Crippen LogP contribution >= 0.6 is 0 Å². The van der Waals surface area contributed by atoms with Crippen LogP contribution in [-0.4, -0.2) is 31.1 Å². The Morgan fingerprint density at radius 2 is 1.73 bits per heavy atom. The summed E-state index contributed by atoms with van der Waals surface area (Å²) in [7, 11) is -4.42. The van der Waals surface area contributed by atoms with E-state index in [2.05, 4.69) is 0 Å². The molecule has 90 valence electrons. The Labute approximate surface area is 89.5 Å². The molecule has 0 saturated carbocycles. The zero-order chi connectivity index (χ0) is 11.5. The van der Waals surface area contributed by atoms with E-state index in [0.29, 0.717) is 12.8 Å². The summed E-state index contributed by atoms with van der Waals surface area (Å²) in [5, 5.41) is -3.60. The molecular formula is C9H17F2NO2S. The topological polar surface area (TPSA) is 37.4 Å². The summed E-state index contributed by atoms with van der Waals surface area (Å²) in [6, 6.07) is 0. The molecule has 0 unspecified atom stereocenters. The highest BCUT2D eigenvalue weighted by molar-refractivity contribution is 7.90. The fourth-order valence-electron chi connectivity index (χ4n) is 1.71. The molecule has 0 amide bonds. The van der Waals surface area contributed by atoms with Gasteiger partial charge in [0.2, 0.25) is 0 Å². The van der Waals surface area contributed by atoms with Gasteiger partial charge in [0.15, 0.2) is 0 Å². The Hall–Kier alpha value is -0.230. The van der Waals surface area contributed by atoms with E-state index in [4.69, 9.17) is 0 Å². The van der Waals surface area contributed by atoms with Crippen LogP contribution in [0.15, 0.2) is 0 Å². The van der Waals surface area contributed by atoms with Gasteiger partial charge in [0.05, 0.1) is 0 Å². The molecule has 1 aliphatic rings. The summed E-state index contributed by atoms with van der Waals surface area (Å²) in [6.45, 7) is 2.03. The summed E-state index contributed by atoms with van der Waals surface area (Å²) in [4.78, 5) is 0. The van der Waals surface area contributed by atoms with E-state index in [1.165, 1.54) is 0 Å². The highest BCUT2D eigenvalue weighted by Gasteiger charge is 2.47. The Morgan fingerprint density at radius 3 is 2.20 bits per heavy atom. The van der Waals surface area contributed by atoms with Crippen LogP contribution < -0.4 is 0 Å². The highest BCUT2D eigenvalue weighted by atomic mass is 32.2. The summed E-state index contributed by atoms with van der Waals surface area (Å²) in [6.07, 6.45) is 1.86. The molecule has 0 atom stereocenters. The van der Waals surface area contributed by atoms with Crippen molar-refractivity contribution in [3.05, 3.63) is 0 Å². The molecule has 1 fully saturated rings. The van der Waals surface area contributed by atoms with Crippen molar-refractivity contribution >= 4 is 10.0 Å². The van der Waals surface area contributed by atoms with Gasteiger partial charge in [-0.15, -0.1) is 0 Å². The molecule has 15 heavy (non-hydrogen) atoms. The van der Waals surface area contributed by atoms with E-state index in [1.54, 1.807) is 6.92 Å². The maximum atomic E-state index is 13.4. The maximum absolute atomic E-state index is 13.4. The molecule has 3 nitrogen and oxygen atoms in total. The van der Waals surface area contributed by atoms with Crippen molar-refractivity contribution in [1.29, 1.82) is 0 Å². The lowest BCUT2D eigenvalue weighted by Crippen LogP contribution is -2.45. The predicted octanol–water partition coefficient (Wildman–Crippen LogP) is 2.20. The Balaban J connectivity index is 2.80. The first-order valence-corrected chi connectivity index (χ1v) is 6.73. The molecule has 0 aliphatic carbocycles. The lowest BCUT2D eigenvalue weighted by molar-refractivity contribution is 0.0717. The molecule has 1 saturated heterocycles. The number of nitrogens with zero attached hydrogens (tertiary/aromatic N) is 1. The number of alkyl halides is 2. The van der Waals surface area contributed by atoms with Gasteiger partial charge >= 0.3 is 5.25 Å². The molecule has 1 aliphatic heterocycles. The van der Waals surface area contributed by atoms with Gasteiger partial charge < -0.3 is 0 Å². The normalized spacial score (nSPS) is 20.5. The van der Waals surface area contributed by atoms with Crippen LogP contribution in [-0.2, 0) is 10.0 Å². The minimum absolute atomic E-state index is 0.167. The second kappa shape index (κ2) is 4.74. The smallest absolute Gasteiger partial charge is 0.206 e. The SMILES string of the molecule is CCCC(F)(F)S(=O)(=O)N1CCCCC1. The molecule has 0 aromatic carbocycles. The minimum Gasteiger partial charge on any atom is -0.206 e. The molecule has 0 aromatic rings. The average molecular weight is 241 g/mol. The van der Waals surface area contributed by atoms with Gasteiger partial charge in [-0.25, -0.2) is 8.42 Å². The van der Waals surface area contributed by atoms with Crippen LogP contribution in [0.5, 0.6) is 0 Å². The van der Waals surface area contributed by atoms with Gasteiger partial charge in [-0.1, -0.05) is 13.3 Å². The van der Waals surface area contributed by atoms with Crippen LogP contribution in [0.4, 0.5) is 8.78 Å². The lowest BCUT2D eigenvalue weighted by Gasteiger charge is -2.29. The third-order valence-electron chi connectivity index (χ3n) is 2.57. The second-order valence-electron chi connectivity index (χ2n) is 3.85. The van der Waals surface area contributed by atoms with Crippen LogP contribution in [0.25, 0.3) is 0 Å². The Kier molecular flexibility index (Phi) is 4.06. The predicted molar refractivity (Wildman–Crippen MR) is 54.2 cm³/mol. The number of piperidine rings is 1. The van der Waals surface area contributed by atoms with Crippen molar-refractivity contribution in [3.63, 3.8) is 0 Å². The summed E-state index contributed by atoms with van der Waals surface area (Å²) < 4.78 is 50.8. The van der Waals surface area contributed by atoms with Crippen LogP contribution in [0.3, 0.4) is 0 Å². The summed E-state index contributed by atoms with van der Waals surface area (Å²) in [5.41, 5.74) is 0. The van der Waals surface area contributed by atoms with Crippen LogP contribution in [0, 0.1) is 0 Å².